The molecule has 0 fully saturated rings. The van der Waals surface area contributed by atoms with Gasteiger partial charge in [-0.3, -0.25) is 0 Å². The smallest absolute Gasteiger partial charge is 0.0102 e. The molecule has 2 heteroatoms. The third kappa shape index (κ3) is 7.24. The Morgan fingerprint density at radius 3 is 2.19 bits per heavy atom. The van der Waals surface area contributed by atoms with Crippen LogP contribution in [-0.2, 0) is 0 Å². The van der Waals surface area contributed by atoms with Crippen molar-refractivity contribution in [3.63, 3.8) is 0 Å². The van der Waals surface area contributed by atoms with Gasteiger partial charge in [0.25, 0.3) is 0 Å². The van der Waals surface area contributed by atoms with E-state index in [1.807, 2.05) is 0 Å². The minimum Gasteiger partial charge on any atom is -0.316 e. The first-order chi connectivity index (χ1) is 7.49. The zero-order valence-corrected chi connectivity index (χ0v) is 12.2. The second kappa shape index (κ2) is 9.00. The number of nitrogens with one attached hydrogen (secondary N) is 1. The fraction of sp³-hybridized carbons (Fsp3) is 1.00. The molecule has 0 aromatic heterocycles. The molecule has 2 unspecified atom stereocenters. The number of rotatable bonds is 9. The van der Waals surface area contributed by atoms with E-state index in [2.05, 4.69) is 51.9 Å². The summed E-state index contributed by atoms with van der Waals surface area (Å²) in [7, 11) is 2.25. The average molecular weight is 228 g/mol. The average Bonchev–Trinajstić information content (AvgIpc) is 2.24. The van der Waals surface area contributed by atoms with Gasteiger partial charge < -0.3 is 10.2 Å². The molecule has 0 saturated carbocycles. The van der Waals surface area contributed by atoms with Gasteiger partial charge in [0.1, 0.15) is 0 Å². The summed E-state index contributed by atoms with van der Waals surface area (Å²) in [6.45, 7) is 15.0. The van der Waals surface area contributed by atoms with Gasteiger partial charge in [0.2, 0.25) is 0 Å². The van der Waals surface area contributed by atoms with Gasteiger partial charge in [-0.15, -0.1) is 0 Å². The molecular weight excluding hydrogens is 196 g/mol. The van der Waals surface area contributed by atoms with E-state index in [0.717, 1.165) is 24.9 Å². The van der Waals surface area contributed by atoms with Gasteiger partial charge in [-0.2, -0.15) is 0 Å². The van der Waals surface area contributed by atoms with Gasteiger partial charge in [-0.05, 0) is 51.9 Å². The van der Waals surface area contributed by atoms with Crippen LogP contribution in [0.15, 0.2) is 0 Å². The van der Waals surface area contributed by atoms with Gasteiger partial charge in [-0.25, -0.2) is 0 Å². The van der Waals surface area contributed by atoms with Crippen LogP contribution < -0.4 is 5.32 Å². The maximum absolute atomic E-state index is 3.55. The number of unbranched alkanes of at least 4 members (excludes halogenated alkanes) is 1. The monoisotopic (exact) mass is 228 g/mol. The maximum atomic E-state index is 3.55. The lowest BCUT2D eigenvalue weighted by Crippen LogP contribution is -2.40. The molecule has 1 N–H and O–H groups in total. The van der Waals surface area contributed by atoms with E-state index in [9.17, 15) is 0 Å². The van der Waals surface area contributed by atoms with E-state index >= 15 is 0 Å². The second-order valence-electron chi connectivity index (χ2n) is 5.60. The van der Waals surface area contributed by atoms with Crippen molar-refractivity contribution in [3.8, 4) is 0 Å². The molecular formula is C14H32N2. The molecule has 98 valence electrons. The van der Waals surface area contributed by atoms with Crippen molar-refractivity contribution in [2.45, 2.75) is 53.5 Å². The molecule has 0 aromatic rings. The van der Waals surface area contributed by atoms with Gasteiger partial charge in [0.05, 0.1) is 0 Å². The molecule has 2 atom stereocenters. The van der Waals surface area contributed by atoms with Crippen LogP contribution in [-0.4, -0.2) is 37.6 Å². The van der Waals surface area contributed by atoms with Crippen molar-refractivity contribution in [1.82, 2.24) is 10.2 Å². The van der Waals surface area contributed by atoms with Crippen LogP contribution >= 0.6 is 0 Å². The topological polar surface area (TPSA) is 15.3 Å². The highest BCUT2D eigenvalue weighted by atomic mass is 15.1. The van der Waals surface area contributed by atoms with Crippen LogP contribution in [0, 0.1) is 11.8 Å². The fourth-order valence-electron chi connectivity index (χ4n) is 1.82. The lowest BCUT2D eigenvalue weighted by molar-refractivity contribution is 0.193. The molecule has 0 amide bonds. The van der Waals surface area contributed by atoms with E-state index in [4.69, 9.17) is 0 Å². The number of nitrogens with zero attached hydrogens (tertiary/aromatic N) is 1. The van der Waals surface area contributed by atoms with Gasteiger partial charge in [0, 0.05) is 6.04 Å². The predicted molar refractivity (Wildman–Crippen MR) is 73.9 cm³/mol. The zero-order valence-electron chi connectivity index (χ0n) is 12.2. The van der Waals surface area contributed by atoms with E-state index in [0.29, 0.717) is 6.04 Å². The van der Waals surface area contributed by atoms with Gasteiger partial charge in [-0.1, -0.05) is 34.1 Å². The molecule has 0 aliphatic heterocycles. The molecule has 0 aromatic carbocycles. The van der Waals surface area contributed by atoms with Crippen LogP contribution in [0.2, 0.25) is 0 Å². The Hall–Kier alpha value is -0.0800. The number of hydrogen-bond acceptors (Lipinski definition) is 2. The molecule has 0 heterocycles. The Labute approximate surface area is 103 Å². The van der Waals surface area contributed by atoms with Gasteiger partial charge >= 0.3 is 0 Å². The first-order valence-corrected chi connectivity index (χ1v) is 6.90. The van der Waals surface area contributed by atoms with Crippen molar-refractivity contribution < 1.29 is 0 Å². The minimum absolute atomic E-state index is 0.672. The largest absolute Gasteiger partial charge is 0.316 e. The third-order valence-corrected chi connectivity index (χ3v) is 3.40. The first-order valence-electron chi connectivity index (χ1n) is 6.90. The van der Waals surface area contributed by atoms with Crippen LogP contribution in [0.4, 0.5) is 0 Å². The van der Waals surface area contributed by atoms with Crippen molar-refractivity contribution in [3.05, 3.63) is 0 Å². The quantitative estimate of drug-likeness (QED) is 0.652. The first kappa shape index (κ1) is 15.9. The lowest BCUT2D eigenvalue weighted by atomic mass is 10.0. The Morgan fingerprint density at radius 2 is 1.69 bits per heavy atom. The normalized spacial score (nSPS) is 15.8. The van der Waals surface area contributed by atoms with E-state index < -0.39 is 0 Å². The molecule has 0 bridgehead atoms. The summed E-state index contributed by atoms with van der Waals surface area (Å²) in [4.78, 5) is 2.49. The standard InChI is InChI=1S/C14H32N2/c1-7-8-9-16(6)14(5)13(4)11-15-10-12(2)3/h12-15H,7-11H2,1-6H3. The molecule has 16 heavy (non-hydrogen) atoms. The van der Waals surface area contributed by atoms with Crippen molar-refractivity contribution >= 4 is 0 Å². The maximum Gasteiger partial charge on any atom is 0.0102 e. The van der Waals surface area contributed by atoms with Crippen LogP contribution in [0.1, 0.15) is 47.5 Å². The Morgan fingerprint density at radius 1 is 1.06 bits per heavy atom. The summed E-state index contributed by atoms with van der Waals surface area (Å²) in [5.74, 6) is 1.47. The van der Waals surface area contributed by atoms with Gasteiger partial charge in [0.15, 0.2) is 0 Å². The van der Waals surface area contributed by atoms with Crippen molar-refractivity contribution in [2.24, 2.45) is 11.8 Å². The van der Waals surface area contributed by atoms with Crippen LogP contribution in [0.25, 0.3) is 0 Å². The molecule has 0 aliphatic rings. The Bertz CT molecular complexity index is 157. The summed E-state index contributed by atoms with van der Waals surface area (Å²) in [5.41, 5.74) is 0. The second-order valence-corrected chi connectivity index (χ2v) is 5.60. The molecule has 0 aliphatic carbocycles. The molecule has 0 rings (SSSR count). The predicted octanol–water partition coefficient (Wildman–Crippen LogP) is 2.99. The molecule has 0 saturated heterocycles. The van der Waals surface area contributed by atoms with E-state index in [-0.39, 0.29) is 0 Å². The Balaban J connectivity index is 3.74. The number of hydrogen-bond donors (Lipinski definition) is 1. The highest BCUT2D eigenvalue weighted by Gasteiger charge is 2.15. The van der Waals surface area contributed by atoms with Crippen molar-refractivity contribution in [1.29, 1.82) is 0 Å². The molecule has 0 spiro atoms. The summed E-state index contributed by atoms with van der Waals surface area (Å²) >= 11 is 0. The molecule has 0 radical (unpaired) electrons. The van der Waals surface area contributed by atoms with Crippen LogP contribution in [0.5, 0.6) is 0 Å². The highest BCUT2D eigenvalue weighted by molar-refractivity contribution is 4.72. The SMILES string of the molecule is CCCCN(C)C(C)C(C)CNCC(C)C. The minimum atomic E-state index is 0.672. The summed E-state index contributed by atoms with van der Waals surface area (Å²) in [6, 6.07) is 0.672. The Kier molecular flexibility index (Phi) is 8.96. The lowest BCUT2D eigenvalue weighted by Gasteiger charge is -2.30. The van der Waals surface area contributed by atoms with E-state index in [1.165, 1.54) is 19.4 Å². The summed E-state index contributed by atoms with van der Waals surface area (Å²) in [6.07, 6.45) is 2.60. The third-order valence-electron chi connectivity index (χ3n) is 3.40. The summed E-state index contributed by atoms with van der Waals surface area (Å²) in [5, 5.41) is 3.55. The summed E-state index contributed by atoms with van der Waals surface area (Å²) < 4.78 is 0. The zero-order chi connectivity index (χ0) is 12.6. The highest BCUT2D eigenvalue weighted by Crippen LogP contribution is 2.09. The fourth-order valence-corrected chi connectivity index (χ4v) is 1.82. The van der Waals surface area contributed by atoms with Crippen molar-refractivity contribution in [2.75, 3.05) is 26.7 Å². The van der Waals surface area contributed by atoms with E-state index in [1.54, 1.807) is 0 Å². The van der Waals surface area contributed by atoms with Crippen LogP contribution in [0.3, 0.4) is 0 Å². The molecule has 2 nitrogen and oxygen atoms in total.